The van der Waals surface area contributed by atoms with Crippen LogP contribution >= 0.6 is 0 Å². The fourth-order valence-electron chi connectivity index (χ4n) is 2.46. The Morgan fingerprint density at radius 3 is 2.50 bits per heavy atom. The van der Waals surface area contributed by atoms with Gasteiger partial charge in [0.05, 0.1) is 18.6 Å². The highest BCUT2D eigenvalue weighted by Crippen LogP contribution is 2.25. The fraction of sp³-hybridized carbons (Fsp3) is 0.467. The first-order valence-electron chi connectivity index (χ1n) is 6.85. The van der Waals surface area contributed by atoms with Crippen molar-refractivity contribution in [2.45, 2.75) is 31.7 Å². The summed E-state index contributed by atoms with van der Waals surface area (Å²) in [6, 6.07) is 6.75. The molecule has 1 aromatic rings. The molecule has 1 aliphatic rings. The number of aliphatic hydroxyl groups excluding tert-OH is 1. The number of nitrogens with zero attached hydrogens (tertiary/aromatic N) is 1. The minimum atomic E-state index is -1.02. The van der Waals surface area contributed by atoms with Crippen molar-refractivity contribution in [2.75, 3.05) is 13.2 Å². The number of carboxylic acids is 1. The number of benzene rings is 1. The van der Waals surface area contributed by atoms with E-state index in [-0.39, 0.29) is 30.5 Å². The van der Waals surface area contributed by atoms with Crippen molar-refractivity contribution in [1.82, 2.24) is 4.90 Å². The predicted octanol–water partition coefficient (Wildman–Crippen LogP) is 1.30. The van der Waals surface area contributed by atoms with Crippen molar-refractivity contribution in [3.63, 3.8) is 0 Å². The van der Waals surface area contributed by atoms with Gasteiger partial charge in [0.25, 0.3) is 0 Å². The van der Waals surface area contributed by atoms with Gasteiger partial charge in [-0.05, 0) is 30.9 Å². The van der Waals surface area contributed by atoms with E-state index in [4.69, 9.17) is 10.2 Å². The Morgan fingerprint density at radius 2 is 1.95 bits per heavy atom. The average Bonchev–Trinajstić information content (AvgIpc) is 2.36. The van der Waals surface area contributed by atoms with Gasteiger partial charge in [-0.25, -0.2) is 4.79 Å². The molecule has 1 saturated carbocycles. The molecular formula is C15H19NO4. The van der Waals surface area contributed by atoms with Gasteiger partial charge in [-0.2, -0.15) is 0 Å². The molecule has 108 valence electrons. The molecule has 20 heavy (non-hydrogen) atoms. The lowest BCUT2D eigenvalue weighted by atomic mass is 9.91. The predicted molar refractivity (Wildman–Crippen MR) is 73.5 cm³/mol. The molecule has 0 saturated heterocycles. The van der Waals surface area contributed by atoms with E-state index >= 15 is 0 Å². The zero-order valence-corrected chi connectivity index (χ0v) is 11.3. The summed E-state index contributed by atoms with van der Waals surface area (Å²) in [5, 5.41) is 18.2. The molecule has 5 heteroatoms. The normalized spacial score (nSPS) is 14.7. The van der Waals surface area contributed by atoms with Crippen molar-refractivity contribution < 1.29 is 19.8 Å². The number of carboxylic acid groups (broad SMARTS) is 1. The fourth-order valence-corrected chi connectivity index (χ4v) is 2.46. The van der Waals surface area contributed by atoms with Crippen molar-refractivity contribution in [2.24, 2.45) is 0 Å². The average molecular weight is 277 g/mol. The van der Waals surface area contributed by atoms with Gasteiger partial charge in [0.1, 0.15) is 0 Å². The number of rotatable bonds is 6. The minimum absolute atomic E-state index is 0.0666. The minimum Gasteiger partial charge on any atom is -0.478 e. The molecule has 1 fully saturated rings. The van der Waals surface area contributed by atoms with Gasteiger partial charge >= 0.3 is 5.97 Å². The van der Waals surface area contributed by atoms with Gasteiger partial charge in [-0.3, -0.25) is 4.79 Å². The zero-order chi connectivity index (χ0) is 14.5. The Hall–Kier alpha value is -1.88. The Bertz CT molecular complexity index is 496. The third kappa shape index (κ3) is 3.17. The van der Waals surface area contributed by atoms with Crippen LogP contribution in [0.4, 0.5) is 0 Å². The molecule has 0 aromatic heterocycles. The third-order valence-corrected chi connectivity index (χ3v) is 3.77. The first-order chi connectivity index (χ1) is 9.63. The van der Waals surface area contributed by atoms with Crippen LogP contribution in [-0.2, 0) is 11.2 Å². The maximum Gasteiger partial charge on any atom is 0.335 e. The first-order valence-corrected chi connectivity index (χ1v) is 6.85. The largest absolute Gasteiger partial charge is 0.478 e. The van der Waals surface area contributed by atoms with Crippen LogP contribution < -0.4 is 0 Å². The van der Waals surface area contributed by atoms with E-state index in [9.17, 15) is 9.59 Å². The van der Waals surface area contributed by atoms with Crippen LogP contribution in [0.3, 0.4) is 0 Å². The van der Waals surface area contributed by atoms with Gasteiger partial charge in [-0.1, -0.05) is 18.2 Å². The Balaban J connectivity index is 2.11. The monoisotopic (exact) mass is 277 g/mol. The summed E-state index contributed by atoms with van der Waals surface area (Å²) in [6.45, 7) is 0.252. The van der Waals surface area contributed by atoms with Crippen LogP contribution in [0.15, 0.2) is 24.3 Å². The quantitative estimate of drug-likeness (QED) is 0.821. The second-order valence-electron chi connectivity index (χ2n) is 5.03. The van der Waals surface area contributed by atoms with E-state index in [1.165, 1.54) is 6.07 Å². The van der Waals surface area contributed by atoms with Gasteiger partial charge in [0, 0.05) is 12.6 Å². The lowest BCUT2D eigenvalue weighted by Crippen LogP contribution is -2.46. The van der Waals surface area contributed by atoms with E-state index in [2.05, 4.69) is 0 Å². The highest BCUT2D eigenvalue weighted by Gasteiger charge is 2.28. The molecule has 0 atom stereocenters. The second kappa shape index (κ2) is 6.52. The molecule has 0 radical (unpaired) electrons. The highest BCUT2D eigenvalue weighted by atomic mass is 16.4. The topological polar surface area (TPSA) is 77.8 Å². The van der Waals surface area contributed by atoms with Crippen LogP contribution in [0, 0.1) is 0 Å². The molecule has 2 N–H and O–H groups in total. The highest BCUT2D eigenvalue weighted by molar-refractivity contribution is 5.91. The van der Waals surface area contributed by atoms with Crippen molar-refractivity contribution in [3.8, 4) is 0 Å². The molecule has 1 amide bonds. The summed E-state index contributed by atoms with van der Waals surface area (Å²) >= 11 is 0. The molecular weight excluding hydrogens is 258 g/mol. The van der Waals surface area contributed by atoms with Gasteiger partial charge < -0.3 is 15.1 Å². The Labute approximate surface area is 117 Å². The SMILES string of the molecule is O=C(O)c1ccccc1CC(=O)N(CCO)C1CCC1. The van der Waals surface area contributed by atoms with Gasteiger partial charge in [0.2, 0.25) is 5.91 Å². The molecule has 0 bridgehead atoms. The van der Waals surface area contributed by atoms with Crippen LogP contribution in [-0.4, -0.2) is 46.2 Å². The molecule has 5 nitrogen and oxygen atoms in total. The standard InChI is InChI=1S/C15H19NO4/c17-9-8-16(12-5-3-6-12)14(18)10-11-4-1-2-7-13(11)15(19)20/h1-2,4,7,12,17H,3,5-6,8-10H2,(H,19,20). The van der Waals surface area contributed by atoms with E-state index in [0.717, 1.165) is 19.3 Å². The van der Waals surface area contributed by atoms with E-state index < -0.39 is 5.97 Å². The summed E-state index contributed by atoms with van der Waals surface area (Å²) in [7, 11) is 0. The Kier molecular flexibility index (Phi) is 4.74. The van der Waals surface area contributed by atoms with Crippen molar-refractivity contribution >= 4 is 11.9 Å². The molecule has 0 aliphatic heterocycles. The number of hydrogen-bond donors (Lipinski definition) is 2. The number of carbonyl (C=O) groups excluding carboxylic acids is 1. The van der Waals surface area contributed by atoms with Gasteiger partial charge in [-0.15, -0.1) is 0 Å². The summed E-state index contributed by atoms with van der Waals surface area (Å²) in [5.74, 6) is -1.14. The smallest absolute Gasteiger partial charge is 0.335 e. The molecule has 0 heterocycles. The summed E-state index contributed by atoms with van der Waals surface area (Å²) in [6.07, 6.45) is 3.10. The van der Waals surface area contributed by atoms with Crippen molar-refractivity contribution in [3.05, 3.63) is 35.4 Å². The molecule has 0 spiro atoms. The van der Waals surface area contributed by atoms with E-state index in [0.29, 0.717) is 12.1 Å². The van der Waals surface area contributed by atoms with Crippen molar-refractivity contribution in [1.29, 1.82) is 0 Å². The maximum absolute atomic E-state index is 12.3. The van der Waals surface area contributed by atoms with Crippen LogP contribution in [0.2, 0.25) is 0 Å². The number of aliphatic hydroxyl groups is 1. The lowest BCUT2D eigenvalue weighted by Gasteiger charge is -2.37. The van der Waals surface area contributed by atoms with E-state index in [1.54, 1.807) is 23.1 Å². The van der Waals surface area contributed by atoms with Crippen LogP contribution in [0.25, 0.3) is 0 Å². The molecule has 1 aliphatic carbocycles. The summed E-state index contributed by atoms with van der Waals surface area (Å²) < 4.78 is 0. The summed E-state index contributed by atoms with van der Waals surface area (Å²) in [5.41, 5.74) is 0.686. The number of carbonyl (C=O) groups is 2. The zero-order valence-electron chi connectivity index (χ0n) is 11.3. The van der Waals surface area contributed by atoms with Crippen LogP contribution in [0.1, 0.15) is 35.2 Å². The first kappa shape index (κ1) is 14.5. The molecule has 2 rings (SSSR count). The number of amides is 1. The second-order valence-corrected chi connectivity index (χ2v) is 5.03. The maximum atomic E-state index is 12.3. The van der Waals surface area contributed by atoms with E-state index in [1.807, 2.05) is 0 Å². The van der Waals surface area contributed by atoms with Crippen LogP contribution in [0.5, 0.6) is 0 Å². The summed E-state index contributed by atoms with van der Waals surface area (Å²) in [4.78, 5) is 25.2. The number of aromatic carboxylic acids is 1. The third-order valence-electron chi connectivity index (χ3n) is 3.77. The Morgan fingerprint density at radius 1 is 1.25 bits per heavy atom. The number of hydrogen-bond acceptors (Lipinski definition) is 3. The molecule has 0 unspecified atom stereocenters. The molecule has 1 aromatic carbocycles. The van der Waals surface area contributed by atoms with Gasteiger partial charge in [0.15, 0.2) is 0 Å². The lowest BCUT2D eigenvalue weighted by molar-refractivity contribution is -0.135.